The van der Waals surface area contributed by atoms with Gasteiger partial charge in [-0.3, -0.25) is 0 Å². The first-order valence-electron chi connectivity index (χ1n) is 5.26. The summed E-state index contributed by atoms with van der Waals surface area (Å²) in [5.41, 5.74) is -3.19. The lowest BCUT2D eigenvalue weighted by atomic mass is 9.90. The lowest BCUT2D eigenvalue weighted by molar-refractivity contribution is 0.0667. The summed E-state index contributed by atoms with van der Waals surface area (Å²) in [7, 11) is -4.79. The molecule has 0 bridgehead atoms. The van der Waals surface area contributed by atoms with Crippen molar-refractivity contribution >= 4 is 10.1 Å². The summed E-state index contributed by atoms with van der Waals surface area (Å²) in [5.74, 6) is 0.141. The van der Waals surface area contributed by atoms with E-state index in [1.807, 2.05) is 13.8 Å². The summed E-state index contributed by atoms with van der Waals surface area (Å²) in [5, 5.41) is 30.0. The second kappa shape index (κ2) is 6.62. The zero-order valence-corrected chi connectivity index (χ0v) is 10.8. The molecule has 0 fully saturated rings. The van der Waals surface area contributed by atoms with E-state index in [0.717, 1.165) is 0 Å². The highest BCUT2D eigenvalue weighted by molar-refractivity contribution is 7.86. The average molecular weight is 270 g/mol. The number of hydrogen-bond donors (Lipinski definition) is 4. The Hall–Kier alpha value is -0.250. The van der Waals surface area contributed by atoms with Crippen molar-refractivity contribution < 1.29 is 28.3 Å². The van der Waals surface area contributed by atoms with Crippen LogP contribution in [0.4, 0.5) is 0 Å². The van der Waals surface area contributed by atoms with Gasteiger partial charge < -0.3 is 25.2 Å². The standard InChI is InChI=1S/C9H21NO6S/c1-7(2)3-9(5-11,6-12)10-4-8(13)17(14,15)16/h7-8,10-13H,3-6H2,1-2H3,(H,14,15,16)/p-1. The third-order valence-electron chi connectivity index (χ3n) is 2.39. The van der Waals surface area contributed by atoms with Crippen LogP contribution in [0.1, 0.15) is 20.3 Å². The maximum atomic E-state index is 10.5. The van der Waals surface area contributed by atoms with Crippen molar-refractivity contribution in [2.24, 2.45) is 5.92 Å². The maximum absolute atomic E-state index is 10.5. The fraction of sp³-hybridized carbons (Fsp3) is 1.00. The minimum absolute atomic E-state index is 0.141. The smallest absolute Gasteiger partial charge is 0.155 e. The Morgan fingerprint density at radius 1 is 1.29 bits per heavy atom. The quantitative estimate of drug-likeness (QED) is 0.383. The molecule has 104 valence electrons. The molecule has 0 aromatic heterocycles. The van der Waals surface area contributed by atoms with E-state index >= 15 is 0 Å². The first kappa shape index (κ1) is 16.8. The number of β-amino-alcohol motifs (C(OH)–C–C–N with tert-alkyl or cyclic N) is 1. The van der Waals surface area contributed by atoms with Crippen LogP contribution in [0.15, 0.2) is 0 Å². The highest BCUT2D eigenvalue weighted by Gasteiger charge is 2.30. The van der Waals surface area contributed by atoms with Gasteiger partial charge in [-0.2, -0.15) is 0 Å². The summed E-state index contributed by atoms with van der Waals surface area (Å²) in [6.07, 6.45) is 0.381. The van der Waals surface area contributed by atoms with Crippen LogP contribution in [0.25, 0.3) is 0 Å². The number of aliphatic hydroxyl groups excluding tert-OH is 3. The van der Waals surface area contributed by atoms with Gasteiger partial charge in [-0.05, 0) is 12.3 Å². The van der Waals surface area contributed by atoms with Crippen molar-refractivity contribution in [1.82, 2.24) is 5.32 Å². The van der Waals surface area contributed by atoms with Crippen LogP contribution < -0.4 is 5.32 Å². The zero-order valence-electron chi connectivity index (χ0n) is 9.96. The summed E-state index contributed by atoms with van der Waals surface area (Å²) < 4.78 is 31.4. The first-order valence-corrected chi connectivity index (χ1v) is 6.73. The van der Waals surface area contributed by atoms with Crippen molar-refractivity contribution in [3.63, 3.8) is 0 Å². The minimum Gasteiger partial charge on any atom is -0.746 e. The third kappa shape index (κ3) is 5.75. The molecule has 0 heterocycles. The van der Waals surface area contributed by atoms with E-state index in [1.54, 1.807) is 0 Å². The van der Waals surface area contributed by atoms with E-state index in [4.69, 9.17) is 5.11 Å². The maximum Gasteiger partial charge on any atom is 0.155 e. The van der Waals surface area contributed by atoms with Gasteiger partial charge in [0.15, 0.2) is 5.44 Å². The molecular formula is C9H20NO6S-. The van der Waals surface area contributed by atoms with Crippen molar-refractivity contribution in [2.45, 2.75) is 31.2 Å². The van der Waals surface area contributed by atoms with Crippen molar-refractivity contribution in [3.05, 3.63) is 0 Å². The molecule has 7 nitrogen and oxygen atoms in total. The summed E-state index contributed by atoms with van der Waals surface area (Å²) in [4.78, 5) is 0. The number of aliphatic hydroxyl groups is 3. The fourth-order valence-corrected chi connectivity index (χ4v) is 1.84. The van der Waals surface area contributed by atoms with Crippen LogP contribution in [0.2, 0.25) is 0 Å². The Morgan fingerprint density at radius 2 is 1.76 bits per heavy atom. The number of rotatable bonds is 8. The van der Waals surface area contributed by atoms with Crippen LogP contribution in [0.3, 0.4) is 0 Å². The van der Waals surface area contributed by atoms with E-state index in [2.05, 4.69) is 5.32 Å². The number of nitrogens with one attached hydrogen (secondary N) is 1. The van der Waals surface area contributed by atoms with Crippen molar-refractivity contribution in [3.8, 4) is 0 Å². The van der Waals surface area contributed by atoms with E-state index in [9.17, 15) is 23.2 Å². The summed E-state index contributed by atoms with van der Waals surface area (Å²) in [6, 6.07) is 0. The Balaban J connectivity index is 4.56. The van der Waals surface area contributed by atoms with Gasteiger partial charge in [0.1, 0.15) is 10.1 Å². The monoisotopic (exact) mass is 270 g/mol. The molecule has 8 heteroatoms. The molecule has 0 aliphatic rings. The van der Waals surface area contributed by atoms with Crippen LogP contribution in [-0.4, -0.2) is 59.0 Å². The Kier molecular flexibility index (Phi) is 6.52. The average Bonchev–Trinajstić information content (AvgIpc) is 2.22. The second-order valence-electron chi connectivity index (χ2n) is 4.52. The number of hydrogen-bond acceptors (Lipinski definition) is 7. The lowest BCUT2D eigenvalue weighted by Crippen LogP contribution is -2.55. The lowest BCUT2D eigenvalue weighted by Gasteiger charge is -2.34. The van der Waals surface area contributed by atoms with Gasteiger partial charge in [0, 0.05) is 6.54 Å². The molecule has 0 aliphatic carbocycles. The predicted molar refractivity (Wildman–Crippen MR) is 60.1 cm³/mol. The van der Waals surface area contributed by atoms with E-state index in [-0.39, 0.29) is 5.92 Å². The van der Waals surface area contributed by atoms with Crippen LogP contribution in [0, 0.1) is 5.92 Å². The second-order valence-corrected chi connectivity index (χ2v) is 6.05. The van der Waals surface area contributed by atoms with Crippen molar-refractivity contribution in [1.29, 1.82) is 0 Å². The molecule has 1 atom stereocenters. The summed E-state index contributed by atoms with van der Waals surface area (Å²) >= 11 is 0. The van der Waals surface area contributed by atoms with Crippen LogP contribution in [-0.2, 0) is 10.1 Å². The topological polar surface area (TPSA) is 130 Å². The minimum atomic E-state index is -4.79. The molecule has 0 aromatic rings. The molecule has 0 spiro atoms. The van der Waals surface area contributed by atoms with Gasteiger partial charge in [-0.15, -0.1) is 0 Å². The largest absolute Gasteiger partial charge is 0.746 e. The van der Waals surface area contributed by atoms with Gasteiger partial charge in [0.05, 0.1) is 18.8 Å². The first-order chi connectivity index (χ1) is 7.67. The molecule has 0 saturated carbocycles. The van der Waals surface area contributed by atoms with Gasteiger partial charge in [0.2, 0.25) is 0 Å². The van der Waals surface area contributed by atoms with Crippen LogP contribution in [0.5, 0.6) is 0 Å². The van der Waals surface area contributed by atoms with E-state index in [0.29, 0.717) is 6.42 Å². The van der Waals surface area contributed by atoms with Crippen molar-refractivity contribution in [2.75, 3.05) is 19.8 Å². The molecule has 0 aromatic carbocycles. The molecule has 1 unspecified atom stereocenters. The van der Waals surface area contributed by atoms with Gasteiger partial charge in [-0.25, -0.2) is 8.42 Å². The van der Waals surface area contributed by atoms with E-state index < -0.39 is 40.9 Å². The predicted octanol–water partition coefficient (Wildman–Crippen LogP) is -1.79. The molecule has 4 N–H and O–H groups in total. The molecule has 0 saturated heterocycles. The highest BCUT2D eigenvalue weighted by atomic mass is 32.2. The Bertz CT molecular complexity index is 311. The Labute approximate surface area is 101 Å². The molecule has 0 aliphatic heterocycles. The van der Waals surface area contributed by atoms with Crippen LogP contribution >= 0.6 is 0 Å². The Morgan fingerprint density at radius 3 is 2.06 bits per heavy atom. The summed E-state index contributed by atoms with van der Waals surface area (Å²) in [6.45, 7) is 2.35. The zero-order chi connectivity index (χ0) is 13.7. The third-order valence-corrected chi connectivity index (χ3v) is 3.22. The van der Waals surface area contributed by atoms with E-state index in [1.165, 1.54) is 0 Å². The molecule has 0 amide bonds. The van der Waals surface area contributed by atoms with Gasteiger partial charge >= 0.3 is 0 Å². The molecule has 0 rings (SSSR count). The van der Waals surface area contributed by atoms with Gasteiger partial charge in [0.25, 0.3) is 0 Å². The highest BCUT2D eigenvalue weighted by Crippen LogP contribution is 2.16. The molecule has 17 heavy (non-hydrogen) atoms. The molecular weight excluding hydrogens is 250 g/mol. The normalized spacial score (nSPS) is 15.2. The van der Waals surface area contributed by atoms with Gasteiger partial charge in [-0.1, -0.05) is 13.8 Å². The SMILES string of the molecule is CC(C)CC(CO)(CO)NCC(O)S(=O)(=O)[O-]. The molecule has 0 radical (unpaired) electrons. The fourth-order valence-electron chi connectivity index (χ4n) is 1.55.